The van der Waals surface area contributed by atoms with Gasteiger partial charge in [0.2, 0.25) is 0 Å². The van der Waals surface area contributed by atoms with Crippen LogP contribution in [0.2, 0.25) is 0 Å². The standard InChI is InChI=1S/C51H46N6O3/c1-4-17-48-52-36(2)47(33-39-18-16-19-40(32-39)35-60-37(3)58)50(59)56(48)34-38-28-30-41(31-29-38)45-26-14-15-27-46(45)49-53-54-55-57(49)51(42-20-8-5-9-21-42,43-22-10-6-11-23-43)44-24-12-7-13-25-44/h5-16,18-32H,4,17,33-35H2,1-3H3. The highest BCUT2D eigenvalue weighted by Gasteiger charge is 2.42. The topological polar surface area (TPSA) is 105 Å². The lowest BCUT2D eigenvalue weighted by Gasteiger charge is -2.36. The Morgan fingerprint density at radius 1 is 0.683 bits per heavy atom. The largest absolute Gasteiger partial charge is 0.461 e. The van der Waals surface area contributed by atoms with Gasteiger partial charge in [-0.1, -0.05) is 171 Å². The molecule has 0 aliphatic carbocycles. The number of esters is 1. The van der Waals surface area contributed by atoms with Crippen LogP contribution < -0.4 is 5.56 Å². The van der Waals surface area contributed by atoms with E-state index in [0.29, 0.717) is 30.8 Å². The molecule has 0 spiro atoms. The minimum absolute atomic E-state index is 0.0451. The smallest absolute Gasteiger partial charge is 0.302 e. The van der Waals surface area contributed by atoms with E-state index in [4.69, 9.17) is 20.0 Å². The fourth-order valence-electron chi connectivity index (χ4n) is 8.14. The molecule has 0 amide bonds. The van der Waals surface area contributed by atoms with Gasteiger partial charge in [-0.25, -0.2) is 9.67 Å². The predicted molar refractivity (Wildman–Crippen MR) is 234 cm³/mol. The molecule has 0 N–H and O–H groups in total. The van der Waals surface area contributed by atoms with Gasteiger partial charge in [0.05, 0.1) is 6.54 Å². The number of aryl methyl sites for hydroxylation is 2. The summed E-state index contributed by atoms with van der Waals surface area (Å²) in [4.78, 5) is 30.7. The van der Waals surface area contributed by atoms with Crippen LogP contribution in [0.25, 0.3) is 22.5 Å². The predicted octanol–water partition coefficient (Wildman–Crippen LogP) is 9.37. The molecule has 0 fully saturated rings. The van der Waals surface area contributed by atoms with Crippen molar-refractivity contribution in [3.8, 4) is 22.5 Å². The zero-order valence-corrected chi connectivity index (χ0v) is 34.0. The zero-order valence-electron chi connectivity index (χ0n) is 34.0. The normalized spacial score (nSPS) is 11.4. The Bertz CT molecular complexity index is 2690. The lowest BCUT2D eigenvalue weighted by Crippen LogP contribution is -2.39. The minimum Gasteiger partial charge on any atom is -0.461 e. The Kier molecular flexibility index (Phi) is 11.7. The molecule has 298 valence electrons. The van der Waals surface area contributed by atoms with Gasteiger partial charge in [-0.05, 0) is 68.3 Å². The van der Waals surface area contributed by atoms with E-state index < -0.39 is 5.54 Å². The third-order valence-corrected chi connectivity index (χ3v) is 11.0. The highest BCUT2D eigenvalue weighted by Crippen LogP contribution is 2.43. The Balaban J connectivity index is 1.16. The first-order valence-electron chi connectivity index (χ1n) is 20.3. The molecule has 0 saturated carbocycles. The SMILES string of the molecule is CCCc1nc(C)c(Cc2cccc(COC(C)=O)c2)c(=O)n1Cc1ccc(-c2ccccc2-c2nnnn2C(c2ccccc2)(c2ccccc2)c2ccccc2)cc1. The average Bonchev–Trinajstić information content (AvgIpc) is 3.78. The number of rotatable bonds is 14. The molecule has 0 unspecified atom stereocenters. The highest BCUT2D eigenvalue weighted by atomic mass is 16.5. The van der Waals surface area contributed by atoms with Crippen molar-refractivity contribution >= 4 is 5.97 Å². The van der Waals surface area contributed by atoms with Gasteiger partial charge in [-0.3, -0.25) is 14.2 Å². The van der Waals surface area contributed by atoms with Gasteiger partial charge in [0.15, 0.2) is 5.82 Å². The third kappa shape index (κ3) is 7.94. The Labute approximate surface area is 350 Å². The maximum Gasteiger partial charge on any atom is 0.302 e. The van der Waals surface area contributed by atoms with Crippen molar-refractivity contribution in [3.63, 3.8) is 0 Å². The van der Waals surface area contributed by atoms with Gasteiger partial charge in [0.1, 0.15) is 18.0 Å². The van der Waals surface area contributed by atoms with E-state index in [-0.39, 0.29) is 18.1 Å². The number of tetrazole rings is 1. The van der Waals surface area contributed by atoms with Gasteiger partial charge in [-0.15, -0.1) is 5.10 Å². The summed E-state index contributed by atoms with van der Waals surface area (Å²) in [5.74, 6) is 1.06. The molecule has 0 atom stereocenters. The molecule has 2 aromatic heterocycles. The van der Waals surface area contributed by atoms with Crippen LogP contribution in [0.5, 0.6) is 0 Å². The molecule has 0 bridgehead atoms. The molecule has 0 aliphatic heterocycles. The van der Waals surface area contributed by atoms with E-state index in [1.807, 2.05) is 70.8 Å². The third-order valence-electron chi connectivity index (χ3n) is 11.0. The van der Waals surface area contributed by atoms with Crippen LogP contribution in [0.3, 0.4) is 0 Å². The van der Waals surface area contributed by atoms with Crippen molar-refractivity contribution in [2.75, 3.05) is 0 Å². The Hall–Kier alpha value is -7.26. The summed E-state index contributed by atoms with van der Waals surface area (Å²) in [5, 5.41) is 13.8. The van der Waals surface area contributed by atoms with Gasteiger partial charge in [-0.2, -0.15) is 0 Å². The van der Waals surface area contributed by atoms with Gasteiger partial charge in [0, 0.05) is 36.6 Å². The zero-order chi connectivity index (χ0) is 41.5. The second kappa shape index (κ2) is 17.7. The average molecular weight is 791 g/mol. The van der Waals surface area contributed by atoms with Crippen molar-refractivity contribution in [2.24, 2.45) is 0 Å². The number of aromatic nitrogens is 6. The summed E-state index contributed by atoms with van der Waals surface area (Å²) < 4.78 is 8.99. The maximum absolute atomic E-state index is 14.3. The van der Waals surface area contributed by atoms with Gasteiger partial charge in [0.25, 0.3) is 5.56 Å². The monoisotopic (exact) mass is 790 g/mol. The molecule has 0 radical (unpaired) electrons. The molecule has 9 heteroatoms. The first kappa shape index (κ1) is 39.6. The first-order valence-corrected chi connectivity index (χ1v) is 20.3. The summed E-state index contributed by atoms with van der Waals surface area (Å²) in [6.07, 6.45) is 1.97. The summed E-state index contributed by atoms with van der Waals surface area (Å²) in [5.41, 5.74) is 9.18. The van der Waals surface area contributed by atoms with Gasteiger partial charge < -0.3 is 4.74 Å². The van der Waals surface area contributed by atoms with Gasteiger partial charge >= 0.3 is 5.97 Å². The van der Waals surface area contributed by atoms with Crippen LogP contribution in [0.15, 0.2) is 169 Å². The molecule has 60 heavy (non-hydrogen) atoms. The van der Waals surface area contributed by atoms with Crippen LogP contribution in [0, 0.1) is 6.92 Å². The number of hydrogen-bond acceptors (Lipinski definition) is 7. The van der Waals surface area contributed by atoms with Crippen molar-refractivity contribution in [3.05, 3.63) is 225 Å². The van der Waals surface area contributed by atoms with Crippen LogP contribution in [-0.4, -0.2) is 35.7 Å². The van der Waals surface area contributed by atoms with Crippen molar-refractivity contribution in [2.45, 2.75) is 58.7 Å². The number of ether oxygens (including phenoxy) is 1. The van der Waals surface area contributed by atoms with Crippen LogP contribution in [0.4, 0.5) is 0 Å². The molecular formula is C51H46N6O3. The number of carbonyl (C=O) groups is 1. The molecule has 8 rings (SSSR count). The second-order valence-electron chi connectivity index (χ2n) is 15.0. The Morgan fingerprint density at radius 2 is 1.27 bits per heavy atom. The lowest BCUT2D eigenvalue weighted by atomic mass is 9.77. The molecule has 0 saturated heterocycles. The van der Waals surface area contributed by atoms with Crippen molar-refractivity contribution < 1.29 is 9.53 Å². The van der Waals surface area contributed by atoms with E-state index in [2.05, 4.69) is 121 Å². The fourth-order valence-corrected chi connectivity index (χ4v) is 8.14. The van der Waals surface area contributed by atoms with E-state index in [0.717, 1.165) is 68.0 Å². The fraction of sp³-hybridized carbons (Fsp3) is 0.176. The van der Waals surface area contributed by atoms with Crippen LogP contribution in [-0.2, 0) is 41.1 Å². The summed E-state index contributed by atoms with van der Waals surface area (Å²) in [6.45, 7) is 5.98. The van der Waals surface area contributed by atoms with Crippen molar-refractivity contribution in [1.82, 2.24) is 29.8 Å². The first-order chi connectivity index (χ1) is 29.4. The van der Waals surface area contributed by atoms with Crippen LogP contribution in [0.1, 0.15) is 70.7 Å². The molecule has 6 aromatic carbocycles. The number of nitrogens with zero attached hydrogens (tertiary/aromatic N) is 6. The van der Waals surface area contributed by atoms with E-state index in [1.54, 1.807) is 0 Å². The summed E-state index contributed by atoms with van der Waals surface area (Å²) in [7, 11) is 0. The summed E-state index contributed by atoms with van der Waals surface area (Å²) in [6, 6.07) is 55.5. The number of benzene rings is 6. The number of carbonyl (C=O) groups excluding carboxylic acids is 1. The molecule has 2 heterocycles. The van der Waals surface area contributed by atoms with E-state index in [9.17, 15) is 9.59 Å². The van der Waals surface area contributed by atoms with E-state index in [1.165, 1.54) is 6.92 Å². The minimum atomic E-state index is -0.892. The lowest BCUT2D eigenvalue weighted by molar-refractivity contribution is -0.142. The van der Waals surface area contributed by atoms with Crippen LogP contribution >= 0.6 is 0 Å². The molecule has 9 nitrogen and oxygen atoms in total. The van der Waals surface area contributed by atoms with Crippen molar-refractivity contribution in [1.29, 1.82) is 0 Å². The Morgan fingerprint density at radius 3 is 1.87 bits per heavy atom. The molecular weight excluding hydrogens is 745 g/mol. The van der Waals surface area contributed by atoms with E-state index >= 15 is 0 Å². The molecule has 8 aromatic rings. The quantitative estimate of drug-likeness (QED) is 0.0799. The highest BCUT2D eigenvalue weighted by molar-refractivity contribution is 5.81. The maximum atomic E-state index is 14.3. The second-order valence-corrected chi connectivity index (χ2v) is 15.0. The molecule has 0 aliphatic rings. The number of hydrogen-bond donors (Lipinski definition) is 0. The summed E-state index contributed by atoms with van der Waals surface area (Å²) >= 11 is 0.